The summed E-state index contributed by atoms with van der Waals surface area (Å²) in [7, 11) is 0. The van der Waals surface area contributed by atoms with E-state index in [0.29, 0.717) is 18.3 Å². The van der Waals surface area contributed by atoms with Crippen molar-refractivity contribution in [1.29, 1.82) is 0 Å². The molecule has 0 heterocycles. The first-order valence-electron chi connectivity index (χ1n) is 7.07. The Bertz CT molecular complexity index is 509. The van der Waals surface area contributed by atoms with Gasteiger partial charge in [0.1, 0.15) is 10.1 Å². The molecule has 2 rings (SSSR count). The van der Waals surface area contributed by atoms with E-state index in [9.17, 15) is 4.79 Å². The zero-order chi connectivity index (χ0) is 15.7. The Morgan fingerprint density at radius 1 is 1.33 bits per heavy atom. The van der Waals surface area contributed by atoms with E-state index in [2.05, 4.69) is 0 Å². The average Bonchev–Trinajstić information content (AvgIpc) is 2.99. The summed E-state index contributed by atoms with van der Waals surface area (Å²) >= 11 is 12.1. The van der Waals surface area contributed by atoms with Gasteiger partial charge in [-0.2, -0.15) is 0 Å². The Morgan fingerprint density at radius 2 is 1.90 bits per heavy atom. The highest BCUT2D eigenvalue weighted by Gasteiger charge is 2.51. The number of carbonyl (C=O) groups is 1. The summed E-state index contributed by atoms with van der Waals surface area (Å²) in [4.78, 5) is 11.8. The molecule has 0 saturated heterocycles. The van der Waals surface area contributed by atoms with Gasteiger partial charge in [-0.25, -0.2) is 4.79 Å². The average molecular weight is 331 g/mol. The van der Waals surface area contributed by atoms with E-state index >= 15 is 0 Å². The Balaban J connectivity index is 1.94. The van der Waals surface area contributed by atoms with Crippen LogP contribution in [0.25, 0.3) is 0 Å². The molecule has 1 saturated carbocycles. The van der Waals surface area contributed by atoms with Crippen molar-refractivity contribution in [3.63, 3.8) is 0 Å². The van der Waals surface area contributed by atoms with Gasteiger partial charge in [-0.05, 0) is 57.2 Å². The van der Waals surface area contributed by atoms with Crippen LogP contribution in [0.4, 0.5) is 0 Å². The predicted octanol–water partition coefficient (Wildman–Crippen LogP) is 4.14. The molecule has 0 radical (unpaired) electrons. The van der Waals surface area contributed by atoms with Gasteiger partial charge in [-0.15, -0.1) is 23.2 Å². The van der Waals surface area contributed by atoms with Gasteiger partial charge in [0.15, 0.2) is 5.60 Å². The zero-order valence-corrected chi connectivity index (χ0v) is 14.0. The van der Waals surface area contributed by atoms with Crippen molar-refractivity contribution in [3.8, 4) is 5.75 Å². The molecule has 1 aromatic rings. The third-order valence-corrected chi connectivity index (χ3v) is 4.43. The van der Waals surface area contributed by atoms with Gasteiger partial charge in [0.05, 0.1) is 6.61 Å². The van der Waals surface area contributed by atoms with Crippen molar-refractivity contribution in [2.24, 2.45) is 5.92 Å². The third-order valence-electron chi connectivity index (χ3n) is 3.50. The van der Waals surface area contributed by atoms with E-state index < -0.39 is 9.93 Å². The smallest absolute Gasteiger partial charge is 0.349 e. The molecule has 1 atom stereocenters. The number of esters is 1. The fraction of sp³-hybridized carbons (Fsp3) is 0.562. The van der Waals surface area contributed by atoms with E-state index in [1.54, 1.807) is 20.8 Å². The van der Waals surface area contributed by atoms with Crippen LogP contribution in [-0.4, -0.2) is 22.5 Å². The number of carbonyl (C=O) groups excluding carboxylic acids is 1. The van der Waals surface area contributed by atoms with Gasteiger partial charge in [0, 0.05) is 0 Å². The van der Waals surface area contributed by atoms with E-state index in [0.717, 1.165) is 18.4 Å². The molecule has 1 fully saturated rings. The quantitative estimate of drug-likeness (QED) is 0.580. The van der Waals surface area contributed by atoms with E-state index in [1.807, 2.05) is 24.3 Å². The van der Waals surface area contributed by atoms with E-state index in [4.69, 9.17) is 32.7 Å². The molecule has 1 aliphatic rings. The van der Waals surface area contributed by atoms with Crippen molar-refractivity contribution >= 4 is 29.2 Å². The molecule has 1 aliphatic carbocycles. The van der Waals surface area contributed by atoms with E-state index in [1.165, 1.54) is 0 Å². The predicted molar refractivity (Wildman–Crippen MR) is 84.0 cm³/mol. The van der Waals surface area contributed by atoms with Crippen LogP contribution >= 0.6 is 23.2 Å². The first kappa shape index (κ1) is 16.4. The maximum Gasteiger partial charge on any atom is 0.349 e. The highest BCUT2D eigenvalue weighted by atomic mass is 35.5. The van der Waals surface area contributed by atoms with Crippen molar-refractivity contribution in [2.75, 3.05) is 6.61 Å². The van der Waals surface area contributed by atoms with Crippen molar-refractivity contribution < 1.29 is 14.3 Å². The molecule has 116 valence electrons. The Hall–Kier alpha value is -0.930. The van der Waals surface area contributed by atoms with E-state index in [-0.39, 0.29) is 5.97 Å². The fourth-order valence-electron chi connectivity index (χ4n) is 2.11. The number of hydrogen-bond acceptors (Lipinski definition) is 3. The first-order valence-corrected chi connectivity index (χ1v) is 7.83. The lowest BCUT2D eigenvalue weighted by Crippen LogP contribution is -2.39. The summed E-state index contributed by atoms with van der Waals surface area (Å²) in [6.45, 7) is 5.50. The standard InChI is InChI=1S/C16H20Cl2O3/c1-4-20-14(19)15(2,3)21-13-7-5-11(6-8-13)9-12-10-16(12,17)18/h5-8,12H,4,9-10H2,1-3H3. The summed E-state index contributed by atoms with van der Waals surface area (Å²) in [6, 6.07) is 7.64. The number of benzene rings is 1. The molecule has 0 aliphatic heterocycles. The van der Waals surface area contributed by atoms with Gasteiger partial charge < -0.3 is 9.47 Å². The van der Waals surface area contributed by atoms with Crippen molar-refractivity contribution in [1.82, 2.24) is 0 Å². The maximum atomic E-state index is 11.8. The molecular weight excluding hydrogens is 311 g/mol. The Kier molecular flexibility index (Phi) is 4.74. The molecule has 1 aromatic carbocycles. The Labute approximate surface area is 135 Å². The second-order valence-corrected chi connectivity index (χ2v) is 7.39. The largest absolute Gasteiger partial charge is 0.476 e. The molecule has 1 unspecified atom stereocenters. The van der Waals surface area contributed by atoms with Crippen LogP contribution in [0.5, 0.6) is 5.75 Å². The van der Waals surface area contributed by atoms with Crippen LogP contribution in [0.3, 0.4) is 0 Å². The van der Waals surface area contributed by atoms with Gasteiger partial charge in [-0.1, -0.05) is 12.1 Å². The fourth-order valence-corrected chi connectivity index (χ4v) is 2.64. The third kappa shape index (κ3) is 4.27. The zero-order valence-electron chi connectivity index (χ0n) is 12.5. The summed E-state index contributed by atoms with van der Waals surface area (Å²) < 4.78 is 10.1. The second kappa shape index (κ2) is 6.05. The molecular formula is C16H20Cl2O3. The minimum atomic E-state index is -1.00. The molecule has 3 nitrogen and oxygen atoms in total. The van der Waals surface area contributed by atoms with Crippen LogP contribution in [0.15, 0.2) is 24.3 Å². The highest BCUT2D eigenvalue weighted by Crippen LogP contribution is 2.54. The summed E-state index contributed by atoms with van der Waals surface area (Å²) in [6.07, 6.45) is 1.69. The van der Waals surface area contributed by atoms with Crippen LogP contribution in [0.2, 0.25) is 0 Å². The summed E-state index contributed by atoms with van der Waals surface area (Å²) in [5.41, 5.74) is 0.152. The lowest BCUT2D eigenvalue weighted by Gasteiger charge is -2.24. The number of alkyl halides is 2. The molecule has 0 amide bonds. The molecule has 0 aromatic heterocycles. The number of halogens is 2. The minimum Gasteiger partial charge on any atom is -0.476 e. The van der Waals surface area contributed by atoms with Crippen molar-refractivity contribution in [3.05, 3.63) is 29.8 Å². The van der Waals surface area contributed by atoms with Crippen LogP contribution in [0, 0.1) is 5.92 Å². The molecule has 21 heavy (non-hydrogen) atoms. The molecule has 0 bridgehead atoms. The summed E-state index contributed by atoms with van der Waals surface area (Å²) in [5, 5.41) is 0. The minimum absolute atomic E-state index is 0.323. The number of rotatable bonds is 6. The first-order chi connectivity index (χ1) is 9.74. The lowest BCUT2D eigenvalue weighted by atomic mass is 10.1. The summed E-state index contributed by atoms with van der Waals surface area (Å²) in [5.74, 6) is 0.584. The SMILES string of the molecule is CCOC(=O)C(C)(C)Oc1ccc(CC2CC2(Cl)Cl)cc1. The van der Waals surface area contributed by atoms with Crippen LogP contribution in [-0.2, 0) is 16.0 Å². The normalized spacial score (nSPS) is 20.0. The van der Waals surface area contributed by atoms with Gasteiger partial charge in [-0.3, -0.25) is 0 Å². The van der Waals surface area contributed by atoms with Crippen LogP contribution in [0.1, 0.15) is 32.8 Å². The second-order valence-electron chi connectivity index (χ2n) is 5.84. The molecule has 0 spiro atoms. The number of hydrogen-bond donors (Lipinski definition) is 0. The molecule has 0 N–H and O–H groups in total. The van der Waals surface area contributed by atoms with Crippen molar-refractivity contribution in [2.45, 2.75) is 43.5 Å². The monoisotopic (exact) mass is 330 g/mol. The highest BCUT2D eigenvalue weighted by molar-refractivity contribution is 6.50. The Morgan fingerprint density at radius 3 is 2.38 bits per heavy atom. The lowest BCUT2D eigenvalue weighted by molar-refractivity contribution is -0.158. The van der Waals surface area contributed by atoms with Crippen LogP contribution < -0.4 is 4.74 Å². The van der Waals surface area contributed by atoms with Gasteiger partial charge >= 0.3 is 5.97 Å². The maximum absolute atomic E-state index is 11.8. The van der Waals surface area contributed by atoms with Gasteiger partial charge in [0.25, 0.3) is 0 Å². The number of ether oxygens (including phenoxy) is 2. The molecule has 5 heteroatoms. The topological polar surface area (TPSA) is 35.5 Å². The van der Waals surface area contributed by atoms with Gasteiger partial charge in [0.2, 0.25) is 0 Å².